The number of nitrogens with one attached hydrogen (secondary N) is 1. The molecule has 1 aliphatic heterocycles. The normalized spacial score (nSPS) is 15.5. The molecule has 2 aromatic carbocycles. The van der Waals surface area contributed by atoms with Crippen LogP contribution in [0.2, 0.25) is 0 Å². The van der Waals surface area contributed by atoms with E-state index in [4.69, 9.17) is 4.74 Å². The van der Waals surface area contributed by atoms with Gasteiger partial charge in [-0.3, -0.25) is 0 Å². The molecule has 0 radical (unpaired) electrons. The number of anilines is 3. The summed E-state index contributed by atoms with van der Waals surface area (Å²) < 4.78 is 5.27. The Morgan fingerprint density at radius 3 is 2.96 bits per heavy atom. The molecule has 1 unspecified atom stereocenters. The van der Waals surface area contributed by atoms with Crippen LogP contribution in [0, 0.1) is 0 Å². The van der Waals surface area contributed by atoms with Crippen molar-refractivity contribution < 1.29 is 4.74 Å². The second-order valence-electron chi connectivity index (χ2n) is 6.72. The number of hydrogen-bond donors (Lipinski definition) is 1. The minimum absolute atomic E-state index is 0.316. The van der Waals surface area contributed by atoms with Gasteiger partial charge in [0.15, 0.2) is 5.82 Å². The smallest absolute Gasteiger partial charge is 0.252 e. The minimum Gasteiger partial charge on any atom is -0.497 e. The van der Waals surface area contributed by atoms with Crippen molar-refractivity contribution in [2.75, 3.05) is 23.9 Å². The largest absolute Gasteiger partial charge is 0.497 e. The predicted molar refractivity (Wildman–Crippen MR) is 107 cm³/mol. The van der Waals surface area contributed by atoms with Gasteiger partial charge in [0.1, 0.15) is 5.75 Å². The molecule has 0 spiro atoms. The first-order valence-electron chi connectivity index (χ1n) is 9.18. The van der Waals surface area contributed by atoms with Crippen LogP contribution in [-0.2, 0) is 12.8 Å². The number of fused-ring (bicyclic) bond motifs is 1. The summed E-state index contributed by atoms with van der Waals surface area (Å²) in [6.45, 7) is 2.95. The molecule has 1 N–H and O–H groups in total. The summed E-state index contributed by atoms with van der Waals surface area (Å²) in [6, 6.07) is 16.8. The Labute approximate surface area is 159 Å². The highest BCUT2D eigenvalue weighted by Crippen LogP contribution is 2.36. The molecule has 0 amide bonds. The third-order valence-corrected chi connectivity index (χ3v) is 4.82. The lowest BCUT2D eigenvalue weighted by Gasteiger charge is -2.22. The van der Waals surface area contributed by atoms with Crippen LogP contribution in [0.25, 0.3) is 0 Å². The predicted octanol–water partition coefficient (Wildman–Crippen LogP) is 3.62. The zero-order chi connectivity index (χ0) is 18.6. The molecule has 0 bridgehead atoms. The fourth-order valence-corrected chi connectivity index (χ4v) is 3.51. The van der Waals surface area contributed by atoms with Crippen molar-refractivity contribution in [1.82, 2.24) is 15.2 Å². The van der Waals surface area contributed by atoms with Crippen molar-refractivity contribution in [3.05, 3.63) is 65.9 Å². The van der Waals surface area contributed by atoms with Crippen LogP contribution in [-0.4, -0.2) is 34.9 Å². The monoisotopic (exact) mass is 361 g/mol. The van der Waals surface area contributed by atoms with Gasteiger partial charge in [0.25, 0.3) is 5.95 Å². The van der Waals surface area contributed by atoms with Gasteiger partial charge in [-0.25, -0.2) is 0 Å². The first kappa shape index (κ1) is 17.3. The van der Waals surface area contributed by atoms with Crippen molar-refractivity contribution in [1.29, 1.82) is 0 Å². The van der Waals surface area contributed by atoms with E-state index in [0.29, 0.717) is 12.0 Å². The van der Waals surface area contributed by atoms with Gasteiger partial charge in [-0.1, -0.05) is 30.3 Å². The van der Waals surface area contributed by atoms with Gasteiger partial charge in [-0.2, -0.15) is 10.1 Å². The lowest BCUT2D eigenvalue weighted by atomic mass is 10.1. The summed E-state index contributed by atoms with van der Waals surface area (Å²) in [4.78, 5) is 6.85. The van der Waals surface area contributed by atoms with E-state index in [1.807, 2.05) is 24.3 Å². The second-order valence-corrected chi connectivity index (χ2v) is 6.72. The van der Waals surface area contributed by atoms with E-state index < -0.39 is 0 Å². The zero-order valence-corrected chi connectivity index (χ0v) is 15.6. The first-order valence-corrected chi connectivity index (χ1v) is 9.18. The fraction of sp³-hybridized carbons (Fsp3) is 0.286. The summed E-state index contributed by atoms with van der Waals surface area (Å²) in [7, 11) is 1.68. The molecule has 1 aliphatic rings. The average molecular weight is 361 g/mol. The van der Waals surface area contributed by atoms with Crippen LogP contribution >= 0.6 is 0 Å². The van der Waals surface area contributed by atoms with Gasteiger partial charge >= 0.3 is 0 Å². The summed E-state index contributed by atoms with van der Waals surface area (Å²) >= 11 is 0. The van der Waals surface area contributed by atoms with E-state index in [1.165, 1.54) is 16.8 Å². The highest BCUT2D eigenvalue weighted by atomic mass is 16.5. The number of aromatic nitrogens is 3. The second kappa shape index (κ2) is 7.61. The number of nitrogens with zero attached hydrogens (tertiary/aromatic N) is 4. The molecule has 1 aromatic heterocycles. The first-order chi connectivity index (χ1) is 13.2. The van der Waals surface area contributed by atoms with Crippen molar-refractivity contribution in [3.8, 4) is 5.75 Å². The number of benzene rings is 2. The summed E-state index contributed by atoms with van der Waals surface area (Å²) in [5.41, 5.74) is 3.71. The lowest BCUT2D eigenvalue weighted by Crippen LogP contribution is -2.26. The Balaban J connectivity index is 1.45. The molecule has 6 nitrogen and oxygen atoms in total. The van der Waals surface area contributed by atoms with Crippen LogP contribution in [0.15, 0.2) is 54.7 Å². The maximum atomic E-state index is 5.27. The van der Waals surface area contributed by atoms with Crippen LogP contribution in [0.4, 0.5) is 17.5 Å². The van der Waals surface area contributed by atoms with E-state index in [2.05, 4.69) is 56.6 Å². The molecule has 0 saturated carbocycles. The Bertz CT molecular complexity index is 930. The van der Waals surface area contributed by atoms with Gasteiger partial charge in [-0.15, -0.1) is 5.10 Å². The quantitative estimate of drug-likeness (QED) is 0.723. The van der Waals surface area contributed by atoms with E-state index in [0.717, 1.165) is 31.0 Å². The molecular formula is C21H23N5O. The van der Waals surface area contributed by atoms with Crippen LogP contribution in [0.3, 0.4) is 0 Å². The molecule has 2 heterocycles. The van der Waals surface area contributed by atoms with Gasteiger partial charge in [0, 0.05) is 18.3 Å². The number of para-hydroxylation sites is 1. The third kappa shape index (κ3) is 3.69. The topological polar surface area (TPSA) is 63.2 Å². The number of methoxy groups -OCH3 is 1. The molecule has 138 valence electrons. The van der Waals surface area contributed by atoms with Crippen molar-refractivity contribution >= 4 is 17.5 Å². The summed E-state index contributed by atoms with van der Waals surface area (Å²) in [5.74, 6) is 2.25. The molecular weight excluding hydrogens is 338 g/mol. The van der Waals surface area contributed by atoms with Gasteiger partial charge in [-0.05, 0) is 49.1 Å². The van der Waals surface area contributed by atoms with Crippen LogP contribution in [0.5, 0.6) is 5.75 Å². The minimum atomic E-state index is 0.316. The summed E-state index contributed by atoms with van der Waals surface area (Å²) in [5, 5.41) is 11.8. The van der Waals surface area contributed by atoms with Crippen LogP contribution in [0.1, 0.15) is 18.1 Å². The highest BCUT2D eigenvalue weighted by molar-refractivity contribution is 5.67. The van der Waals surface area contributed by atoms with Crippen molar-refractivity contribution in [2.24, 2.45) is 0 Å². The van der Waals surface area contributed by atoms with Crippen molar-refractivity contribution in [3.63, 3.8) is 0 Å². The molecule has 6 heteroatoms. The molecule has 4 rings (SSSR count). The Morgan fingerprint density at radius 2 is 2.07 bits per heavy atom. The number of rotatable bonds is 6. The summed E-state index contributed by atoms with van der Waals surface area (Å²) in [6.07, 6.45) is 3.54. The fourth-order valence-electron chi connectivity index (χ4n) is 3.51. The molecule has 3 aromatic rings. The molecule has 0 fully saturated rings. The molecule has 0 aliphatic carbocycles. The Kier molecular flexibility index (Phi) is 4.87. The molecule has 1 atom stereocenters. The Hall–Kier alpha value is -3.15. The van der Waals surface area contributed by atoms with E-state index in [-0.39, 0.29) is 0 Å². The lowest BCUT2D eigenvalue weighted by molar-refractivity contribution is 0.414. The van der Waals surface area contributed by atoms with Crippen molar-refractivity contribution in [2.45, 2.75) is 25.8 Å². The van der Waals surface area contributed by atoms with Gasteiger partial charge in [0.05, 0.1) is 13.3 Å². The maximum absolute atomic E-state index is 5.27. The highest BCUT2D eigenvalue weighted by Gasteiger charge is 2.29. The van der Waals surface area contributed by atoms with E-state index in [1.54, 1.807) is 13.3 Å². The number of hydrogen-bond acceptors (Lipinski definition) is 6. The average Bonchev–Trinajstić information content (AvgIpc) is 3.04. The Morgan fingerprint density at radius 1 is 1.19 bits per heavy atom. The SMILES string of the molecule is COc1cccc(CCNc2cnnc(N3c4ccccc4CC3C)n2)c1. The number of ether oxygens (including phenoxy) is 1. The zero-order valence-electron chi connectivity index (χ0n) is 15.6. The van der Waals surface area contributed by atoms with E-state index in [9.17, 15) is 0 Å². The third-order valence-electron chi connectivity index (χ3n) is 4.82. The standard InChI is InChI=1S/C21H23N5O/c1-15-12-17-7-3-4-9-19(17)26(15)21-24-20(14-23-25-21)22-11-10-16-6-5-8-18(13-16)27-2/h3-9,13-15H,10-12H2,1-2H3,(H,22,24,25). The van der Waals surface area contributed by atoms with Crippen LogP contribution < -0.4 is 15.0 Å². The maximum Gasteiger partial charge on any atom is 0.252 e. The molecule has 27 heavy (non-hydrogen) atoms. The van der Waals surface area contributed by atoms with Gasteiger partial charge in [0.2, 0.25) is 0 Å². The molecule has 0 saturated heterocycles. The van der Waals surface area contributed by atoms with Gasteiger partial charge < -0.3 is 15.0 Å². The van der Waals surface area contributed by atoms with E-state index >= 15 is 0 Å².